The fourth-order valence-electron chi connectivity index (χ4n) is 6.00. The summed E-state index contributed by atoms with van der Waals surface area (Å²) in [5, 5.41) is 0. The van der Waals surface area contributed by atoms with Crippen LogP contribution >= 0.6 is 0 Å². The van der Waals surface area contributed by atoms with Gasteiger partial charge in [0.15, 0.2) is 11.9 Å². The minimum absolute atomic E-state index is 0.0537. The van der Waals surface area contributed by atoms with Crippen LogP contribution in [0, 0.1) is 35.0 Å². The number of rotatable bonds is 3. The molecule has 0 spiro atoms. The molecular formula is C28H47NO4. The number of esters is 1. The summed E-state index contributed by atoms with van der Waals surface area (Å²) in [5.41, 5.74) is -0.537. The minimum Gasteiger partial charge on any atom is -0.454 e. The first-order valence-corrected chi connectivity index (χ1v) is 13.3. The van der Waals surface area contributed by atoms with Crippen molar-refractivity contribution in [2.75, 3.05) is 6.54 Å². The van der Waals surface area contributed by atoms with Gasteiger partial charge in [-0.1, -0.05) is 54.4 Å². The average molecular weight is 462 g/mol. The Morgan fingerprint density at radius 3 is 2.27 bits per heavy atom. The Bertz CT molecular complexity index is 757. The highest BCUT2D eigenvalue weighted by Crippen LogP contribution is 2.50. The van der Waals surface area contributed by atoms with Gasteiger partial charge in [-0.25, -0.2) is 0 Å². The van der Waals surface area contributed by atoms with Crippen LogP contribution < -0.4 is 0 Å². The highest BCUT2D eigenvalue weighted by atomic mass is 16.5. The van der Waals surface area contributed by atoms with E-state index in [9.17, 15) is 14.4 Å². The zero-order valence-electron chi connectivity index (χ0n) is 22.3. The van der Waals surface area contributed by atoms with Gasteiger partial charge in [-0.05, 0) is 56.8 Å². The van der Waals surface area contributed by atoms with E-state index in [4.69, 9.17) is 4.74 Å². The van der Waals surface area contributed by atoms with Crippen molar-refractivity contribution in [1.29, 1.82) is 0 Å². The first kappa shape index (κ1) is 26.4. The molecular weight excluding hydrogens is 414 g/mol. The van der Waals surface area contributed by atoms with Crippen LogP contribution in [0.1, 0.15) is 100 Å². The molecule has 1 unspecified atom stereocenters. The lowest BCUT2D eigenvalue weighted by molar-refractivity contribution is -0.157. The molecule has 1 aliphatic carbocycles. The molecule has 0 N–H and O–H groups in total. The second-order valence-corrected chi connectivity index (χ2v) is 12.5. The molecule has 0 aromatic carbocycles. The summed E-state index contributed by atoms with van der Waals surface area (Å²) in [7, 11) is 0. The zero-order valence-corrected chi connectivity index (χ0v) is 22.3. The molecule has 3 rings (SSSR count). The number of fused-ring (bicyclic) bond motifs is 1. The second kappa shape index (κ2) is 9.79. The lowest BCUT2D eigenvalue weighted by atomic mass is 9.67. The predicted molar refractivity (Wildman–Crippen MR) is 131 cm³/mol. The molecule has 0 radical (unpaired) electrons. The smallest absolute Gasteiger partial charge is 0.306 e. The Labute approximate surface area is 201 Å². The van der Waals surface area contributed by atoms with Crippen LogP contribution in [-0.2, 0) is 19.1 Å². The van der Waals surface area contributed by atoms with Crippen molar-refractivity contribution in [3.8, 4) is 0 Å². The van der Waals surface area contributed by atoms with Crippen LogP contribution in [0.25, 0.3) is 0 Å². The Morgan fingerprint density at radius 2 is 1.70 bits per heavy atom. The summed E-state index contributed by atoms with van der Waals surface area (Å²) >= 11 is 0. The molecule has 1 saturated carbocycles. The Morgan fingerprint density at radius 1 is 1.06 bits per heavy atom. The summed E-state index contributed by atoms with van der Waals surface area (Å²) in [6.45, 7) is 17.4. The third kappa shape index (κ3) is 5.71. The van der Waals surface area contributed by atoms with Gasteiger partial charge in [0, 0.05) is 42.3 Å². The molecule has 33 heavy (non-hydrogen) atoms. The number of ether oxygens (including phenoxy) is 1. The number of hydrogen-bond donors (Lipinski definition) is 0. The number of carbonyl (C=O) groups is 3. The highest BCUT2D eigenvalue weighted by molar-refractivity contribution is 5.87. The number of ketones is 2. The van der Waals surface area contributed by atoms with E-state index < -0.39 is 11.5 Å². The molecule has 188 valence electrons. The van der Waals surface area contributed by atoms with Gasteiger partial charge in [-0.15, -0.1) is 0 Å². The molecule has 0 aromatic heterocycles. The molecule has 3 fully saturated rings. The third-order valence-electron chi connectivity index (χ3n) is 9.78. The maximum absolute atomic E-state index is 13.5. The van der Waals surface area contributed by atoms with Crippen molar-refractivity contribution in [3.63, 3.8) is 0 Å². The zero-order chi connectivity index (χ0) is 24.7. The number of nitrogens with zero attached hydrogens (tertiary/aromatic N) is 1. The van der Waals surface area contributed by atoms with E-state index in [0.717, 1.165) is 31.7 Å². The van der Waals surface area contributed by atoms with Crippen LogP contribution in [0.15, 0.2) is 0 Å². The monoisotopic (exact) mass is 461 g/mol. The standard InChI is InChI=1S/C28H47NO4/c1-17-10-9-13-28(8)24(29(28)16-22-11-12-22)15-23(21(5)30)33-25(31)14-18(2)27(6,7)26(32)20(4)19(17)3/h17-20,22-24H,9-16H2,1-8H3/t17-,18-,19-,20+,23-,24-,28+,29?/m0/s1. The normalized spacial score (nSPS) is 42.8. The van der Waals surface area contributed by atoms with E-state index in [-0.39, 0.29) is 41.3 Å². The van der Waals surface area contributed by atoms with Crippen molar-refractivity contribution in [3.05, 3.63) is 0 Å². The molecule has 3 aliphatic rings. The molecule has 0 aromatic rings. The largest absolute Gasteiger partial charge is 0.454 e. The first-order valence-electron chi connectivity index (χ1n) is 13.3. The number of Topliss-reactive ketones (excluding diaryl/α,β-unsaturated/α-hetero) is 2. The molecule has 2 heterocycles. The van der Waals surface area contributed by atoms with Gasteiger partial charge in [0.2, 0.25) is 0 Å². The van der Waals surface area contributed by atoms with Gasteiger partial charge in [0.25, 0.3) is 0 Å². The molecule has 0 bridgehead atoms. The summed E-state index contributed by atoms with van der Waals surface area (Å²) in [6, 6.07) is 0.301. The van der Waals surface area contributed by atoms with E-state index in [1.165, 1.54) is 19.8 Å². The topological polar surface area (TPSA) is 63.5 Å². The lowest BCUT2D eigenvalue weighted by Crippen LogP contribution is -2.40. The van der Waals surface area contributed by atoms with Crippen molar-refractivity contribution in [2.45, 2.75) is 118 Å². The molecule has 2 aliphatic heterocycles. The van der Waals surface area contributed by atoms with E-state index in [1.54, 1.807) is 0 Å². The predicted octanol–water partition coefficient (Wildman–Crippen LogP) is 5.44. The van der Waals surface area contributed by atoms with Gasteiger partial charge in [-0.2, -0.15) is 0 Å². The molecule has 8 atom stereocenters. The van der Waals surface area contributed by atoms with Crippen LogP contribution in [0.3, 0.4) is 0 Å². The van der Waals surface area contributed by atoms with E-state index in [0.29, 0.717) is 24.3 Å². The van der Waals surface area contributed by atoms with Crippen molar-refractivity contribution in [2.24, 2.45) is 35.0 Å². The maximum Gasteiger partial charge on any atom is 0.306 e. The summed E-state index contributed by atoms with van der Waals surface area (Å²) in [4.78, 5) is 41.3. The van der Waals surface area contributed by atoms with Gasteiger partial charge in [0.05, 0.1) is 0 Å². The van der Waals surface area contributed by atoms with Gasteiger partial charge in [-0.3, -0.25) is 19.3 Å². The second-order valence-electron chi connectivity index (χ2n) is 12.5. The fourth-order valence-corrected chi connectivity index (χ4v) is 6.00. The van der Waals surface area contributed by atoms with Crippen molar-refractivity contribution < 1.29 is 19.1 Å². The van der Waals surface area contributed by atoms with E-state index in [2.05, 4.69) is 32.6 Å². The average Bonchev–Trinajstić information content (AvgIpc) is 3.65. The minimum atomic E-state index is -0.692. The number of carbonyl (C=O) groups excluding carboxylic acids is 3. The van der Waals surface area contributed by atoms with Crippen LogP contribution in [0.4, 0.5) is 0 Å². The Hall–Kier alpha value is -1.23. The summed E-state index contributed by atoms with van der Waals surface area (Å²) in [6.07, 6.45) is 5.98. The van der Waals surface area contributed by atoms with E-state index >= 15 is 0 Å². The van der Waals surface area contributed by atoms with Crippen LogP contribution in [0.2, 0.25) is 0 Å². The van der Waals surface area contributed by atoms with E-state index in [1.807, 2.05) is 20.8 Å². The first-order chi connectivity index (χ1) is 15.3. The number of cyclic esters (lactones) is 1. The van der Waals surface area contributed by atoms with Crippen molar-refractivity contribution >= 4 is 17.5 Å². The van der Waals surface area contributed by atoms with Crippen molar-refractivity contribution in [1.82, 2.24) is 4.90 Å². The van der Waals surface area contributed by atoms with Gasteiger partial charge < -0.3 is 4.74 Å². The van der Waals surface area contributed by atoms with Gasteiger partial charge in [0.1, 0.15) is 5.78 Å². The summed E-state index contributed by atoms with van der Waals surface area (Å²) < 4.78 is 5.76. The summed E-state index contributed by atoms with van der Waals surface area (Å²) in [5.74, 6) is 1.14. The molecule has 5 heteroatoms. The maximum atomic E-state index is 13.5. The Balaban J connectivity index is 1.83. The Kier molecular flexibility index (Phi) is 7.83. The third-order valence-corrected chi connectivity index (χ3v) is 9.78. The SMILES string of the molecule is CC(=O)[C@@H]1C[C@@H]2N(CC3CC3)[C@]2(C)CCC[C@H](C)[C@H](C)[C@@H](C)C(=O)C(C)(C)[C@@H](C)CC(=O)O1. The molecule has 2 saturated heterocycles. The quantitative estimate of drug-likeness (QED) is 0.413. The van der Waals surface area contributed by atoms with Gasteiger partial charge >= 0.3 is 5.97 Å². The fraction of sp³-hybridized carbons (Fsp3) is 0.893. The van der Waals surface area contributed by atoms with Crippen LogP contribution in [0.5, 0.6) is 0 Å². The molecule has 5 nitrogen and oxygen atoms in total. The lowest BCUT2D eigenvalue weighted by Gasteiger charge is -2.36. The number of hydrogen-bond acceptors (Lipinski definition) is 5. The molecule has 0 amide bonds. The van der Waals surface area contributed by atoms with Crippen LogP contribution in [-0.4, -0.2) is 46.7 Å². The highest BCUT2D eigenvalue weighted by Gasteiger charge is 2.59.